The summed E-state index contributed by atoms with van der Waals surface area (Å²) in [4.78, 5) is 2.69. The summed E-state index contributed by atoms with van der Waals surface area (Å²) in [5, 5.41) is -1.37. The Morgan fingerprint density at radius 3 is 2.46 bits per heavy atom. The predicted molar refractivity (Wildman–Crippen MR) is 40.4 cm³/mol. The number of rotatable bonds is 1. The minimum absolute atomic E-state index is 0. The minimum atomic E-state index is -4.47. The zero-order valence-electron chi connectivity index (χ0n) is 6.91. The van der Waals surface area contributed by atoms with E-state index in [1.807, 2.05) is 0 Å². The second-order valence-electron chi connectivity index (χ2n) is 2.18. The summed E-state index contributed by atoms with van der Waals surface area (Å²) in [6.07, 6.45) is 5.32. The molecule has 64 valence electrons. The molecule has 1 rings (SSSR count). The fraction of sp³-hybridized carbons (Fsp3) is 0.167. The van der Waals surface area contributed by atoms with Crippen LogP contribution in [0.2, 0.25) is 0 Å². The van der Waals surface area contributed by atoms with Crippen molar-refractivity contribution in [3.05, 3.63) is 29.8 Å². The van der Waals surface area contributed by atoms with Crippen molar-refractivity contribution in [1.29, 1.82) is 0 Å². The van der Waals surface area contributed by atoms with E-state index >= 15 is 0 Å². The molecule has 0 saturated heterocycles. The number of allylic oxidation sites excluding steroid dienone is 3. The molecule has 0 bridgehead atoms. The maximum absolute atomic E-state index is 10.5. The maximum atomic E-state index is 10.5. The minimum Gasteiger partial charge on any atom is -0.747 e. The molecule has 0 aromatic carbocycles. The van der Waals surface area contributed by atoms with Crippen molar-refractivity contribution in [3.63, 3.8) is 0 Å². The van der Waals surface area contributed by atoms with Crippen molar-refractivity contribution in [2.75, 3.05) is 0 Å². The molecule has 0 spiro atoms. The van der Waals surface area contributed by atoms with Gasteiger partial charge in [-0.05, 0) is 0 Å². The summed E-state index contributed by atoms with van der Waals surface area (Å²) in [7, 11) is -4.47. The number of hydrogen-bond acceptors (Lipinski definition) is 3. The van der Waals surface area contributed by atoms with Gasteiger partial charge in [-0.2, -0.15) is 4.79 Å². The van der Waals surface area contributed by atoms with Crippen LogP contribution in [0.5, 0.6) is 0 Å². The van der Waals surface area contributed by atoms with E-state index in [9.17, 15) is 13.0 Å². The predicted octanol–water partition coefficient (Wildman–Crippen LogP) is -3.30. The second kappa shape index (κ2) is 4.85. The van der Waals surface area contributed by atoms with Gasteiger partial charge in [0, 0.05) is 6.08 Å². The monoisotopic (exact) mass is 208 g/mol. The zero-order chi connectivity index (χ0) is 9.19. The van der Waals surface area contributed by atoms with Gasteiger partial charge in [0.2, 0.25) is 0 Å². The van der Waals surface area contributed by atoms with Crippen LogP contribution in [0.15, 0.2) is 24.3 Å². The van der Waals surface area contributed by atoms with Gasteiger partial charge >= 0.3 is 35.3 Å². The van der Waals surface area contributed by atoms with Gasteiger partial charge in [-0.3, -0.25) is 0 Å². The van der Waals surface area contributed by atoms with Crippen molar-refractivity contribution in [3.8, 4) is 0 Å². The average molecular weight is 208 g/mol. The van der Waals surface area contributed by atoms with Crippen molar-refractivity contribution in [2.24, 2.45) is 0 Å². The molecule has 1 unspecified atom stereocenters. The van der Waals surface area contributed by atoms with E-state index in [1.54, 1.807) is 0 Å². The molecule has 5 nitrogen and oxygen atoms in total. The van der Waals surface area contributed by atoms with E-state index in [4.69, 9.17) is 5.53 Å². The molecule has 0 aromatic heterocycles. The first-order chi connectivity index (χ1) is 5.55. The molecular formula is C6H5N2NaO3S. The maximum Gasteiger partial charge on any atom is 1.00 e. The molecule has 0 N–H and O–H groups in total. The van der Waals surface area contributed by atoms with E-state index < -0.39 is 15.4 Å². The number of hydrogen-bond donors (Lipinski definition) is 0. The Balaban J connectivity index is 0.00000144. The second-order valence-corrected chi connectivity index (χ2v) is 3.68. The Bertz CT molecular complexity index is 392. The van der Waals surface area contributed by atoms with Gasteiger partial charge in [0.1, 0.15) is 10.1 Å². The van der Waals surface area contributed by atoms with Crippen LogP contribution in [-0.4, -0.2) is 28.7 Å². The molecular weight excluding hydrogens is 203 g/mol. The molecule has 7 heteroatoms. The smallest absolute Gasteiger partial charge is 0.747 e. The summed E-state index contributed by atoms with van der Waals surface area (Å²) in [5.74, 6) is 0. The van der Waals surface area contributed by atoms with Gasteiger partial charge in [0.05, 0.1) is 0 Å². The summed E-state index contributed by atoms with van der Waals surface area (Å²) in [5.41, 5.74) is 8.16. The third-order valence-corrected chi connectivity index (χ3v) is 2.40. The van der Waals surface area contributed by atoms with E-state index in [2.05, 4.69) is 4.79 Å². The summed E-state index contributed by atoms with van der Waals surface area (Å²) < 4.78 is 31.6. The van der Waals surface area contributed by atoms with Crippen LogP contribution in [0.1, 0.15) is 0 Å². The van der Waals surface area contributed by atoms with Crippen molar-refractivity contribution in [1.82, 2.24) is 0 Å². The fourth-order valence-corrected chi connectivity index (χ4v) is 1.55. The van der Waals surface area contributed by atoms with Crippen molar-refractivity contribution < 1.29 is 47.3 Å². The quantitative estimate of drug-likeness (QED) is 0.195. The Kier molecular flexibility index (Phi) is 4.77. The van der Waals surface area contributed by atoms with Gasteiger partial charge in [0.15, 0.2) is 5.25 Å². The summed E-state index contributed by atoms with van der Waals surface area (Å²) >= 11 is 0. The molecule has 1 aliphatic rings. The van der Waals surface area contributed by atoms with E-state index in [0.717, 1.165) is 6.08 Å². The average Bonchev–Trinajstić information content (AvgIpc) is 2.03. The van der Waals surface area contributed by atoms with Crippen LogP contribution in [0, 0.1) is 0 Å². The SMILES string of the molecule is [N-]=[N+]=C1C=CC=CC1S(=O)(=O)[O-].[Na+]. The van der Waals surface area contributed by atoms with Crippen LogP contribution < -0.4 is 29.6 Å². The van der Waals surface area contributed by atoms with E-state index in [1.165, 1.54) is 18.2 Å². The van der Waals surface area contributed by atoms with Gasteiger partial charge in [-0.1, -0.05) is 18.2 Å². The van der Waals surface area contributed by atoms with Crippen LogP contribution in [0.25, 0.3) is 5.53 Å². The molecule has 1 aliphatic carbocycles. The molecule has 0 radical (unpaired) electrons. The third kappa shape index (κ3) is 3.19. The van der Waals surface area contributed by atoms with E-state index in [0.29, 0.717) is 0 Å². The van der Waals surface area contributed by atoms with Crippen LogP contribution in [0.4, 0.5) is 0 Å². The number of nitrogens with zero attached hydrogens (tertiary/aromatic N) is 2. The van der Waals surface area contributed by atoms with Crippen molar-refractivity contribution >= 4 is 15.8 Å². The van der Waals surface area contributed by atoms with Gasteiger partial charge in [0.25, 0.3) is 0 Å². The first kappa shape index (κ1) is 12.8. The molecule has 0 saturated carbocycles. The van der Waals surface area contributed by atoms with E-state index in [-0.39, 0.29) is 35.3 Å². The van der Waals surface area contributed by atoms with Gasteiger partial charge in [-0.25, -0.2) is 8.42 Å². The Labute approximate surface area is 97.8 Å². The Morgan fingerprint density at radius 2 is 2.08 bits per heavy atom. The summed E-state index contributed by atoms with van der Waals surface area (Å²) in [6, 6.07) is 0. The van der Waals surface area contributed by atoms with Crippen LogP contribution in [-0.2, 0) is 10.1 Å². The fourth-order valence-electron chi connectivity index (χ4n) is 0.847. The Hall–Kier alpha value is -0.230. The summed E-state index contributed by atoms with van der Waals surface area (Å²) in [6.45, 7) is 0. The normalized spacial score (nSPS) is 20.7. The standard InChI is InChI=1S/C6H6N2O3S.Na/c7-8-5-3-1-2-4-6(5)12(9,10)11;/h1-4,6H,(H,9,10,11);/q;+1/p-1. The first-order valence-corrected chi connectivity index (χ1v) is 4.54. The molecule has 0 aliphatic heterocycles. The molecule has 0 aromatic rings. The van der Waals surface area contributed by atoms with Crippen molar-refractivity contribution in [2.45, 2.75) is 5.25 Å². The van der Waals surface area contributed by atoms with Crippen LogP contribution >= 0.6 is 0 Å². The first-order valence-electron chi connectivity index (χ1n) is 3.07. The van der Waals surface area contributed by atoms with Gasteiger partial charge < -0.3 is 10.1 Å². The van der Waals surface area contributed by atoms with Crippen LogP contribution in [0.3, 0.4) is 0 Å². The third-order valence-electron chi connectivity index (χ3n) is 1.38. The molecule has 1 atom stereocenters. The molecule has 13 heavy (non-hydrogen) atoms. The Morgan fingerprint density at radius 1 is 1.46 bits per heavy atom. The topological polar surface area (TPSA) is 93.6 Å². The van der Waals surface area contributed by atoms with Gasteiger partial charge in [-0.15, -0.1) is 0 Å². The molecule has 0 amide bonds. The molecule has 0 fully saturated rings. The largest absolute Gasteiger partial charge is 1.00 e. The zero-order valence-corrected chi connectivity index (χ0v) is 9.73. The molecule has 0 heterocycles.